The van der Waals surface area contributed by atoms with Crippen LogP contribution >= 0.6 is 0 Å². The Bertz CT molecular complexity index is 776. The third-order valence-electron chi connectivity index (χ3n) is 5.91. The molecule has 1 aromatic heterocycles. The number of rotatable bonds is 4. The van der Waals surface area contributed by atoms with Crippen molar-refractivity contribution >= 4 is 5.91 Å². The third kappa shape index (κ3) is 4.15. The smallest absolute Gasteiger partial charge is 0.222 e. The Morgan fingerprint density at radius 1 is 1.04 bits per heavy atom. The molecule has 144 valence electrons. The van der Waals surface area contributed by atoms with E-state index in [0.29, 0.717) is 12.3 Å². The molecule has 1 saturated heterocycles. The monoisotopic (exact) mass is 368 g/mol. The molecule has 2 aromatic rings. The molecule has 0 bridgehead atoms. The van der Waals surface area contributed by atoms with Gasteiger partial charge < -0.3 is 14.6 Å². The molecular weight excluding hydrogens is 340 g/mol. The normalized spacial score (nSPS) is 18.1. The fourth-order valence-corrected chi connectivity index (χ4v) is 4.27. The molecule has 1 N–H and O–H groups in total. The van der Waals surface area contributed by atoms with E-state index in [1.165, 1.54) is 19.3 Å². The van der Waals surface area contributed by atoms with Gasteiger partial charge in [0.15, 0.2) is 0 Å². The molecule has 0 spiro atoms. The van der Waals surface area contributed by atoms with Crippen molar-refractivity contribution in [2.75, 3.05) is 13.1 Å². The number of benzene rings is 1. The molecule has 6 nitrogen and oxygen atoms in total. The third-order valence-corrected chi connectivity index (χ3v) is 5.91. The maximum atomic E-state index is 12.6. The Hall–Kier alpha value is -2.37. The van der Waals surface area contributed by atoms with Gasteiger partial charge in [0, 0.05) is 38.4 Å². The minimum atomic E-state index is 0.224. The number of nitrogens with zero attached hydrogens (tertiary/aromatic N) is 4. The highest BCUT2D eigenvalue weighted by atomic mass is 16.3. The van der Waals surface area contributed by atoms with Crippen LogP contribution in [0, 0.1) is 0 Å². The SMILES string of the molecule is O=C(CCc1ccc(O)cc1)N1CCC(c2nnc3n2CCCCC3)CC1. The summed E-state index contributed by atoms with van der Waals surface area (Å²) in [6, 6.07) is 7.11. The van der Waals surface area contributed by atoms with Gasteiger partial charge in [-0.15, -0.1) is 10.2 Å². The van der Waals surface area contributed by atoms with Crippen LogP contribution in [-0.2, 0) is 24.2 Å². The first-order valence-corrected chi connectivity index (χ1v) is 10.2. The van der Waals surface area contributed by atoms with Gasteiger partial charge in [0.1, 0.15) is 17.4 Å². The maximum absolute atomic E-state index is 12.6. The molecule has 0 atom stereocenters. The number of phenolic OH excluding ortho intramolecular Hbond substituents is 1. The van der Waals surface area contributed by atoms with E-state index in [-0.39, 0.29) is 11.7 Å². The number of carbonyl (C=O) groups excluding carboxylic acids is 1. The van der Waals surface area contributed by atoms with E-state index in [2.05, 4.69) is 14.8 Å². The van der Waals surface area contributed by atoms with Gasteiger partial charge in [-0.1, -0.05) is 18.6 Å². The average Bonchev–Trinajstić information content (AvgIpc) is 2.95. The van der Waals surface area contributed by atoms with E-state index in [0.717, 1.165) is 62.5 Å². The zero-order chi connectivity index (χ0) is 18.6. The van der Waals surface area contributed by atoms with Crippen LogP contribution in [0.3, 0.4) is 0 Å². The highest BCUT2D eigenvalue weighted by Crippen LogP contribution is 2.29. The molecule has 2 aliphatic rings. The number of piperidine rings is 1. The van der Waals surface area contributed by atoms with Crippen molar-refractivity contribution in [1.82, 2.24) is 19.7 Å². The molecule has 2 aliphatic heterocycles. The standard InChI is InChI=1S/C21H28N4O2/c26-18-8-5-16(6-9-18)7-10-20(27)24-14-11-17(12-15-24)21-23-22-19-4-2-1-3-13-25(19)21/h5-6,8-9,17,26H,1-4,7,10-15H2. The van der Waals surface area contributed by atoms with E-state index >= 15 is 0 Å². The van der Waals surface area contributed by atoms with Gasteiger partial charge in [0.05, 0.1) is 0 Å². The van der Waals surface area contributed by atoms with Crippen molar-refractivity contribution in [2.45, 2.75) is 63.8 Å². The van der Waals surface area contributed by atoms with Crippen LogP contribution in [0.15, 0.2) is 24.3 Å². The molecule has 27 heavy (non-hydrogen) atoms. The van der Waals surface area contributed by atoms with E-state index in [9.17, 15) is 9.90 Å². The van der Waals surface area contributed by atoms with Gasteiger partial charge in [0.2, 0.25) is 5.91 Å². The van der Waals surface area contributed by atoms with Crippen LogP contribution in [0.1, 0.15) is 61.7 Å². The first-order chi connectivity index (χ1) is 13.2. The summed E-state index contributed by atoms with van der Waals surface area (Å²) >= 11 is 0. The van der Waals surface area contributed by atoms with Crippen LogP contribution in [0.25, 0.3) is 0 Å². The molecule has 0 saturated carbocycles. The van der Waals surface area contributed by atoms with Gasteiger partial charge in [-0.25, -0.2) is 0 Å². The number of aromatic nitrogens is 3. The lowest BCUT2D eigenvalue weighted by Crippen LogP contribution is -2.38. The molecule has 6 heteroatoms. The second kappa shape index (κ2) is 8.11. The molecule has 3 heterocycles. The van der Waals surface area contributed by atoms with Crippen LogP contribution in [0.2, 0.25) is 0 Å². The summed E-state index contributed by atoms with van der Waals surface area (Å²) in [5.41, 5.74) is 1.09. The predicted octanol–water partition coefficient (Wildman–Crippen LogP) is 3.05. The summed E-state index contributed by atoms with van der Waals surface area (Å²) < 4.78 is 2.35. The van der Waals surface area contributed by atoms with Crippen molar-refractivity contribution in [3.63, 3.8) is 0 Å². The number of likely N-dealkylation sites (tertiary alicyclic amines) is 1. The van der Waals surface area contributed by atoms with Crippen molar-refractivity contribution < 1.29 is 9.90 Å². The fourth-order valence-electron chi connectivity index (χ4n) is 4.27. The summed E-state index contributed by atoms with van der Waals surface area (Å²) in [4.78, 5) is 14.5. The molecule has 4 rings (SSSR count). The summed E-state index contributed by atoms with van der Waals surface area (Å²) in [5.74, 6) is 3.20. The zero-order valence-electron chi connectivity index (χ0n) is 15.8. The predicted molar refractivity (Wildman–Crippen MR) is 103 cm³/mol. The Morgan fingerprint density at radius 3 is 2.59 bits per heavy atom. The maximum Gasteiger partial charge on any atom is 0.222 e. The lowest BCUT2D eigenvalue weighted by Gasteiger charge is -2.32. The van der Waals surface area contributed by atoms with Gasteiger partial charge in [-0.2, -0.15) is 0 Å². The lowest BCUT2D eigenvalue weighted by molar-refractivity contribution is -0.132. The fraction of sp³-hybridized carbons (Fsp3) is 0.571. The number of carbonyl (C=O) groups is 1. The number of hydrogen-bond donors (Lipinski definition) is 1. The number of aryl methyl sites for hydroxylation is 2. The van der Waals surface area contributed by atoms with E-state index in [4.69, 9.17) is 0 Å². The summed E-state index contributed by atoms with van der Waals surface area (Å²) in [6.45, 7) is 2.66. The topological polar surface area (TPSA) is 71.2 Å². The molecule has 1 amide bonds. The first kappa shape index (κ1) is 18.0. The Kier molecular flexibility index (Phi) is 5.41. The van der Waals surface area contributed by atoms with Crippen molar-refractivity contribution in [1.29, 1.82) is 0 Å². The lowest BCUT2D eigenvalue weighted by atomic mass is 9.95. The number of aromatic hydroxyl groups is 1. The summed E-state index contributed by atoms with van der Waals surface area (Å²) in [5, 5.41) is 18.3. The Labute approximate surface area is 160 Å². The highest BCUT2D eigenvalue weighted by molar-refractivity contribution is 5.76. The van der Waals surface area contributed by atoms with Crippen molar-refractivity contribution in [3.8, 4) is 5.75 Å². The van der Waals surface area contributed by atoms with Gasteiger partial charge in [-0.3, -0.25) is 4.79 Å². The van der Waals surface area contributed by atoms with Crippen LogP contribution in [-0.4, -0.2) is 43.8 Å². The van der Waals surface area contributed by atoms with E-state index in [1.54, 1.807) is 12.1 Å². The summed E-state index contributed by atoms with van der Waals surface area (Å²) in [6.07, 6.45) is 7.94. The van der Waals surface area contributed by atoms with Gasteiger partial charge in [0.25, 0.3) is 0 Å². The van der Waals surface area contributed by atoms with Gasteiger partial charge >= 0.3 is 0 Å². The quantitative estimate of drug-likeness (QED) is 0.900. The first-order valence-electron chi connectivity index (χ1n) is 10.2. The van der Waals surface area contributed by atoms with Crippen molar-refractivity contribution in [3.05, 3.63) is 41.5 Å². The molecule has 1 aromatic carbocycles. The van der Waals surface area contributed by atoms with Crippen molar-refractivity contribution in [2.24, 2.45) is 0 Å². The van der Waals surface area contributed by atoms with Gasteiger partial charge in [-0.05, 0) is 49.8 Å². The summed E-state index contributed by atoms with van der Waals surface area (Å²) in [7, 11) is 0. The number of amides is 1. The van der Waals surface area contributed by atoms with Crippen LogP contribution < -0.4 is 0 Å². The minimum absolute atomic E-state index is 0.224. The number of phenols is 1. The largest absolute Gasteiger partial charge is 0.508 e. The average molecular weight is 368 g/mol. The number of fused-ring (bicyclic) bond motifs is 1. The number of hydrogen-bond acceptors (Lipinski definition) is 4. The molecule has 1 fully saturated rings. The second-order valence-corrected chi connectivity index (χ2v) is 7.76. The Morgan fingerprint density at radius 2 is 1.81 bits per heavy atom. The molecule has 0 radical (unpaired) electrons. The zero-order valence-corrected chi connectivity index (χ0v) is 15.8. The molecule has 0 aliphatic carbocycles. The Balaban J connectivity index is 1.30. The highest BCUT2D eigenvalue weighted by Gasteiger charge is 2.28. The molecule has 0 unspecified atom stereocenters. The minimum Gasteiger partial charge on any atom is -0.508 e. The van der Waals surface area contributed by atoms with E-state index in [1.807, 2.05) is 17.0 Å². The van der Waals surface area contributed by atoms with E-state index < -0.39 is 0 Å². The van der Waals surface area contributed by atoms with Crippen LogP contribution in [0.4, 0.5) is 0 Å². The second-order valence-electron chi connectivity index (χ2n) is 7.76. The van der Waals surface area contributed by atoms with Crippen LogP contribution in [0.5, 0.6) is 5.75 Å². The molecular formula is C21H28N4O2.